The van der Waals surface area contributed by atoms with Crippen LogP contribution in [0.1, 0.15) is 38.4 Å². The Balaban J connectivity index is 2.17. The molecule has 0 aromatic carbocycles. The molecule has 0 saturated carbocycles. The Morgan fingerprint density at radius 1 is 1.47 bits per heavy atom. The molecule has 0 saturated heterocycles. The quantitative estimate of drug-likeness (QED) is 0.731. The first kappa shape index (κ1) is 13.7. The summed E-state index contributed by atoms with van der Waals surface area (Å²) in [5, 5.41) is 15.6. The molecular formula is C12H20N4O. The number of aromatic nitrogens is 2. The minimum absolute atomic E-state index is 0.153. The molecule has 94 valence electrons. The summed E-state index contributed by atoms with van der Waals surface area (Å²) in [6, 6.07) is 2.18. The minimum Gasteiger partial charge on any atom is -0.339 e. The van der Waals surface area contributed by atoms with E-state index in [1.165, 1.54) is 0 Å². The second kappa shape index (κ2) is 6.36. The molecule has 0 unspecified atom stereocenters. The first-order chi connectivity index (χ1) is 8.03. The lowest BCUT2D eigenvalue weighted by Crippen LogP contribution is -2.30. The zero-order valence-electron chi connectivity index (χ0n) is 10.8. The number of hydrogen-bond acceptors (Lipinski definition) is 5. The van der Waals surface area contributed by atoms with Crippen LogP contribution in [-0.4, -0.2) is 23.2 Å². The summed E-state index contributed by atoms with van der Waals surface area (Å²) >= 11 is 0. The summed E-state index contributed by atoms with van der Waals surface area (Å²) in [6.07, 6.45) is 2.27. The third kappa shape index (κ3) is 5.45. The van der Waals surface area contributed by atoms with Crippen LogP contribution in [0.3, 0.4) is 0 Å². The van der Waals surface area contributed by atoms with Gasteiger partial charge in [0.25, 0.3) is 0 Å². The van der Waals surface area contributed by atoms with Crippen molar-refractivity contribution in [2.75, 3.05) is 13.1 Å². The fourth-order valence-electron chi connectivity index (χ4n) is 1.55. The highest BCUT2D eigenvalue weighted by Gasteiger charge is 2.16. The van der Waals surface area contributed by atoms with Gasteiger partial charge >= 0.3 is 0 Å². The number of nitriles is 1. The van der Waals surface area contributed by atoms with Crippen molar-refractivity contribution >= 4 is 0 Å². The maximum absolute atomic E-state index is 8.55. The van der Waals surface area contributed by atoms with Crippen molar-refractivity contribution in [1.82, 2.24) is 15.5 Å². The molecule has 0 atom stereocenters. The Hall–Kier alpha value is -1.41. The van der Waals surface area contributed by atoms with Gasteiger partial charge < -0.3 is 9.84 Å². The molecule has 0 amide bonds. The molecule has 1 aromatic heterocycles. The van der Waals surface area contributed by atoms with E-state index in [9.17, 15) is 0 Å². The van der Waals surface area contributed by atoms with Crippen LogP contribution >= 0.6 is 0 Å². The van der Waals surface area contributed by atoms with Crippen molar-refractivity contribution in [2.45, 2.75) is 40.0 Å². The van der Waals surface area contributed by atoms with Gasteiger partial charge in [-0.25, -0.2) is 0 Å². The fourth-order valence-corrected chi connectivity index (χ4v) is 1.55. The maximum atomic E-state index is 8.55. The van der Waals surface area contributed by atoms with Gasteiger partial charge in [0.1, 0.15) is 0 Å². The van der Waals surface area contributed by atoms with Crippen molar-refractivity contribution in [1.29, 1.82) is 5.26 Å². The smallest absolute Gasteiger partial charge is 0.227 e. The summed E-state index contributed by atoms with van der Waals surface area (Å²) in [6.45, 7) is 7.84. The SMILES string of the molecule is Cc1noc(CCNCC(C)(C)CCC#N)n1. The molecule has 0 bridgehead atoms. The van der Waals surface area contributed by atoms with Gasteiger partial charge in [0.15, 0.2) is 5.82 Å². The van der Waals surface area contributed by atoms with E-state index in [4.69, 9.17) is 9.78 Å². The molecular weight excluding hydrogens is 216 g/mol. The van der Waals surface area contributed by atoms with E-state index in [1.54, 1.807) is 0 Å². The predicted molar refractivity (Wildman–Crippen MR) is 64.2 cm³/mol. The van der Waals surface area contributed by atoms with Crippen molar-refractivity contribution in [3.8, 4) is 6.07 Å². The minimum atomic E-state index is 0.153. The Kier molecular flexibility index (Phi) is 5.11. The van der Waals surface area contributed by atoms with Gasteiger partial charge in [-0.15, -0.1) is 0 Å². The van der Waals surface area contributed by atoms with Gasteiger partial charge in [0, 0.05) is 25.9 Å². The van der Waals surface area contributed by atoms with Crippen LogP contribution in [-0.2, 0) is 6.42 Å². The first-order valence-corrected chi connectivity index (χ1v) is 5.90. The molecule has 1 N–H and O–H groups in total. The highest BCUT2D eigenvalue weighted by atomic mass is 16.5. The molecule has 17 heavy (non-hydrogen) atoms. The molecule has 5 heteroatoms. The lowest BCUT2D eigenvalue weighted by molar-refractivity contribution is 0.314. The average molecular weight is 236 g/mol. The molecule has 0 aliphatic carbocycles. The molecule has 0 radical (unpaired) electrons. The fraction of sp³-hybridized carbons (Fsp3) is 0.750. The standard InChI is InChI=1S/C12H20N4O/c1-10-15-11(17-16-10)5-8-14-9-12(2,3)6-4-7-13/h14H,4-6,8-9H2,1-3H3. The van der Waals surface area contributed by atoms with E-state index >= 15 is 0 Å². The molecule has 0 spiro atoms. The summed E-state index contributed by atoms with van der Waals surface area (Å²) in [4.78, 5) is 4.13. The molecule has 1 rings (SSSR count). The van der Waals surface area contributed by atoms with Gasteiger partial charge in [0.2, 0.25) is 5.89 Å². The molecule has 0 aliphatic heterocycles. The Bertz CT molecular complexity index is 378. The zero-order chi connectivity index (χ0) is 12.7. The largest absolute Gasteiger partial charge is 0.339 e. The molecule has 5 nitrogen and oxygen atoms in total. The highest BCUT2D eigenvalue weighted by Crippen LogP contribution is 2.20. The summed E-state index contributed by atoms with van der Waals surface area (Å²) < 4.78 is 5.02. The van der Waals surface area contributed by atoms with Crippen molar-refractivity contribution in [3.63, 3.8) is 0 Å². The van der Waals surface area contributed by atoms with Crippen molar-refractivity contribution < 1.29 is 4.52 Å². The van der Waals surface area contributed by atoms with Crippen molar-refractivity contribution in [3.05, 3.63) is 11.7 Å². The maximum Gasteiger partial charge on any atom is 0.227 e. The molecule has 0 aliphatic rings. The summed E-state index contributed by atoms with van der Waals surface area (Å²) in [7, 11) is 0. The normalized spacial score (nSPS) is 11.4. The second-order valence-electron chi connectivity index (χ2n) is 4.98. The van der Waals surface area contributed by atoms with E-state index < -0.39 is 0 Å². The molecule has 0 fully saturated rings. The van der Waals surface area contributed by atoms with Gasteiger partial charge in [-0.1, -0.05) is 19.0 Å². The lowest BCUT2D eigenvalue weighted by Gasteiger charge is -2.23. The Labute approximate surface area is 102 Å². The first-order valence-electron chi connectivity index (χ1n) is 5.90. The van der Waals surface area contributed by atoms with Gasteiger partial charge in [-0.2, -0.15) is 10.2 Å². The third-order valence-corrected chi connectivity index (χ3v) is 2.60. The second-order valence-corrected chi connectivity index (χ2v) is 4.98. The number of rotatable bonds is 7. The topological polar surface area (TPSA) is 74.7 Å². The molecule has 1 heterocycles. The number of nitrogens with one attached hydrogen (secondary N) is 1. The van der Waals surface area contributed by atoms with Crippen LogP contribution in [0.5, 0.6) is 0 Å². The monoisotopic (exact) mass is 236 g/mol. The van der Waals surface area contributed by atoms with E-state index in [2.05, 4.69) is 35.4 Å². The third-order valence-electron chi connectivity index (χ3n) is 2.60. The number of aryl methyl sites for hydroxylation is 1. The average Bonchev–Trinajstić information content (AvgIpc) is 2.68. The van der Waals surface area contributed by atoms with E-state index in [0.717, 1.165) is 25.9 Å². The van der Waals surface area contributed by atoms with Crippen LogP contribution in [0.15, 0.2) is 4.52 Å². The number of hydrogen-bond donors (Lipinski definition) is 1. The van der Waals surface area contributed by atoms with Crippen LogP contribution < -0.4 is 5.32 Å². The van der Waals surface area contributed by atoms with Gasteiger partial charge in [0.05, 0.1) is 6.07 Å². The van der Waals surface area contributed by atoms with Gasteiger partial charge in [-0.05, 0) is 18.8 Å². The summed E-state index contributed by atoms with van der Waals surface area (Å²) in [5.74, 6) is 1.35. The van der Waals surface area contributed by atoms with Crippen LogP contribution in [0.4, 0.5) is 0 Å². The van der Waals surface area contributed by atoms with Crippen LogP contribution in [0, 0.1) is 23.7 Å². The summed E-state index contributed by atoms with van der Waals surface area (Å²) in [5.41, 5.74) is 0.153. The predicted octanol–water partition coefficient (Wildman–Crippen LogP) is 1.84. The number of nitrogens with zero attached hydrogens (tertiary/aromatic N) is 3. The van der Waals surface area contributed by atoms with Crippen molar-refractivity contribution in [2.24, 2.45) is 5.41 Å². The highest BCUT2D eigenvalue weighted by molar-refractivity contribution is 4.84. The Morgan fingerprint density at radius 2 is 2.24 bits per heavy atom. The van der Waals surface area contributed by atoms with E-state index in [0.29, 0.717) is 18.1 Å². The van der Waals surface area contributed by atoms with Crippen LogP contribution in [0.2, 0.25) is 0 Å². The zero-order valence-corrected chi connectivity index (χ0v) is 10.8. The lowest BCUT2D eigenvalue weighted by atomic mass is 9.88. The van der Waals surface area contributed by atoms with Crippen LogP contribution in [0.25, 0.3) is 0 Å². The Morgan fingerprint density at radius 3 is 2.82 bits per heavy atom. The molecule has 1 aromatic rings. The van der Waals surface area contributed by atoms with E-state index in [1.807, 2.05) is 6.92 Å². The van der Waals surface area contributed by atoms with E-state index in [-0.39, 0.29) is 5.41 Å². The van der Waals surface area contributed by atoms with Gasteiger partial charge in [-0.3, -0.25) is 0 Å².